The van der Waals surface area contributed by atoms with E-state index in [9.17, 15) is 4.79 Å². The maximum absolute atomic E-state index is 12.6. The van der Waals surface area contributed by atoms with Crippen molar-refractivity contribution in [2.24, 2.45) is 0 Å². The third-order valence-electron chi connectivity index (χ3n) is 4.26. The van der Waals surface area contributed by atoms with Crippen LogP contribution in [0.4, 0.5) is 11.5 Å². The molecule has 0 unspecified atom stereocenters. The van der Waals surface area contributed by atoms with Crippen LogP contribution in [0.25, 0.3) is 0 Å². The molecule has 1 heterocycles. The number of anilines is 2. The summed E-state index contributed by atoms with van der Waals surface area (Å²) in [5.41, 5.74) is 3.61. The van der Waals surface area contributed by atoms with Crippen LogP contribution in [0.1, 0.15) is 41.3 Å². The van der Waals surface area contributed by atoms with E-state index in [1.165, 1.54) is 5.56 Å². The van der Waals surface area contributed by atoms with Crippen molar-refractivity contribution in [2.75, 3.05) is 10.6 Å². The second-order valence-corrected chi connectivity index (χ2v) is 7.05. The lowest BCUT2D eigenvalue weighted by Crippen LogP contribution is -2.15. The van der Waals surface area contributed by atoms with Crippen LogP contribution < -0.4 is 10.6 Å². The quantitative estimate of drug-likeness (QED) is 0.575. The van der Waals surface area contributed by atoms with E-state index < -0.39 is 0 Å². The summed E-state index contributed by atoms with van der Waals surface area (Å²) in [6.45, 7) is 4.94. The summed E-state index contributed by atoms with van der Waals surface area (Å²) < 4.78 is 0. The van der Waals surface area contributed by atoms with Gasteiger partial charge in [0.15, 0.2) is 0 Å². The van der Waals surface area contributed by atoms with Crippen LogP contribution in [0.5, 0.6) is 0 Å². The highest BCUT2D eigenvalue weighted by atomic mass is 35.5. The van der Waals surface area contributed by atoms with Crippen LogP contribution in [0, 0.1) is 0 Å². The molecule has 1 aromatic heterocycles. The van der Waals surface area contributed by atoms with Crippen molar-refractivity contribution in [1.82, 2.24) is 4.98 Å². The van der Waals surface area contributed by atoms with Crippen LogP contribution in [-0.4, -0.2) is 10.9 Å². The maximum Gasteiger partial charge on any atom is 0.259 e. The topological polar surface area (TPSA) is 54.0 Å². The van der Waals surface area contributed by atoms with E-state index in [2.05, 4.69) is 53.7 Å². The maximum atomic E-state index is 12.6. The zero-order valence-electron chi connectivity index (χ0n) is 15.4. The van der Waals surface area contributed by atoms with Crippen molar-refractivity contribution in [3.05, 3.63) is 88.6 Å². The lowest BCUT2D eigenvalue weighted by Gasteiger charge is -2.12. The fraction of sp³-hybridized carbons (Fsp3) is 0.182. The first kappa shape index (κ1) is 18.9. The van der Waals surface area contributed by atoms with Crippen molar-refractivity contribution in [3.63, 3.8) is 0 Å². The van der Waals surface area contributed by atoms with Gasteiger partial charge in [-0.05, 0) is 53.4 Å². The van der Waals surface area contributed by atoms with E-state index in [4.69, 9.17) is 11.6 Å². The molecule has 0 saturated carbocycles. The van der Waals surface area contributed by atoms with E-state index in [1.807, 2.05) is 0 Å². The lowest BCUT2D eigenvalue weighted by molar-refractivity contribution is 0.102. The Bertz CT molecular complexity index is 906. The molecule has 0 aliphatic heterocycles. The van der Waals surface area contributed by atoms with Gasteiger partial charge in [-0.1, -0.05) is 49.7 Å². The molecule has 5 heteroatoms. The molecule has 0 saturated heterocycles. The molecule has 3 aromatic rings. The van der Waals surface area contributed by atoms with Gasteiger partial charge in [-0.3, -0.25) is 4.79 Å². The average Bonchev–Trinajstić information content (AvgIpc) is 2.68. The van der Waals surface area contributed by atoms with E-state index in [0.717, 1.165) is 5.56 Å². The number of nitrogens with zero attached hydrogens (tertiary/aromatic N) is 1. The first-order valence-electron chi connectivity index (χ1n) is 8.87. The van der Waals surface area contributed by atoms with Gasteiger partial charge in [0.1, 0.15) is 5.82 Å². The summed E-state index contributed by atoms with van der Waals surface area (Å²) in [7, 11) is 0. The predicted octanol–water partition coefficient (Wildman–Crippen LogP) is 5.72. The van der Waals surface area contributed by atoms with E-state index >= 15 is 0 Å². The molecule has 0 fully saturated rings. The summed E-state index contributed by atoms with van der Waals surface area (Å²) in [6.07, 6.45) is 1.67. The molecule has 2 N–H and O–H groups in total. The molecular weight excluding hydrogens is 358 g/mol. The van der Waals surface area contributed by atoms with Gasteiger partial charge in [-0.2, -0.15) is 0 Å². The highest BCUT2D eigenvalue weighted by molar-refractivity contribution is 6.30. The summed E-state index contributed by atoms with van der Waals surface area (Å²) in [6, 6.07) is 19.0. The number of pyridine rings is 1. The van der Waals surface area contributed by atoms with Crippen LogP contribution in [0.2, 0.25) is 5.02 Å². The second kappa shape index (κ2) is 8.69. The Morgan fingerprint density at radius 2 is 1.74 bits per heavy atom. The summed E-state index contributed by atoms with van der Waals surface area (Å²) >= 11 is 5.88. The van der Waals surface area contributed by atoms with Gasteiger partial charge in [0.25, 0.3) is 5.91 Å². The molecule has 0 aliphatic carbocycles. The normalized spacial score (nSPS) is 10.7. The van der Waals surface area contributed by atoms with Gasteiger partial charge >= 0.3 is 0 Å². The monoisotopic (exact) mass is 379 g/mol. The number of hydrogen-bond donors (Lipinski definition) is 2. The molecule has 0 radical (unpaired) electrons. The fourth-order valence-corrected chi connectivity index (χ4v) is 2.79. The molecule has 138 valence electrons. The van der Waals surface area contributed by atoms with E-state index in [1.54, 1.807) is 42.6 Å². The van der Waals surface area contributed by atoms with Crippen molar-refractivity contribution in [3.8, 4) is 0 Å². The minimum absolute atomic E-state index is 0.219. The third kappa shape index (κ3) is 5.08. The Labute approximate surface area is 164 Å². The summed E-state index contributed by atoms with van der Waals surface area (Å²) in [5.74, 6) is 0.839. The van der Waals surface area contributed by atoms with Gasteiger partial charge in [0, 0.05) is 23.5 Å². The standard InChI is InChI=1S/C22H22ClN3O/c1-15(2)17-7-5-16(6-8-17)14-25-21-20(4-3-13-24-21)22(27)26-19-11-9-18(23)10-12-19/h3-13,15H,14H2,1-2H3,(H,24,25)(H,26,27). The minimum atomic E-state index is -0.219. The Morgan fingerprint density at radius 1 is 1.04 bits per heavy atom. The zero-order valence-corrected chi connectivity index (χ0v) is 16.1. The zero-order chi connectivity index (χ0) is 19.2. The van der Waals surface area contributed by atoms with Crippen LogP contribution >= 0.6 is 11.6 Å². The minimum Gasteiger partial charge on any atom is -0.365 e. The highest BCUT2D eigenvalue weighted by Gasteiger charge is 2.12. The summed E-state index contributed by atoms with van der Waals surface area (Å²) in [5, 5.41) is 6.75. The number of nitrogens with one attached hydrogen (secondary N) is 2. The number of carbonyl (C=O) groups is 1. The smallest absolute Gasteiger partial charge is 0.259 e. The van der Waals surface area contributed by atoms with Crippen LogP contribution in [-0.2, 0) is 6.54 Å². The van der Waals surface area contributed by atoms with E-state index in [-0.39, 0.29) is 5.91 Å². The Balaban J connectivity index is 1.69. The Kier molecular flexibility index (Phi) is 6.09. The number of benzene rings is 2. The van der Waals surface area contributed by atoms with Gasteiger partial charge < -0.3 is 10.6 Å². The fourth-order valence-electron chi connectivity index (χ4n) is 2.67. The SMILES string of the molecule is CC(C)c1ccc(CNc2ncccc2C(=O)Nc2ccc(Cl)cc2)cc1. The molecule has 0 atom stereocenters. The van der Waals surface area contributed by atoms with Gasteiger partial charge in [0.05, 0.1) is 5.56 Å². The third-order valence-corrected chi connectivity index (χ3v) is 4.51. The molecule has 1 amide bonds. The van der Waals surface area contributed by atoms with Crippen molar-refractivity contribution >= 4 is 29.0 Å². The molecule has 4 nitrogen and oxygen atoms in total. The first-order valence-corrected chi connectivity index (χ1v) is 9.25. The van der Waals surface area contributed by atoms with Crippen LogP contribution in [0.15, 0.2) is 66.9 Å². The van der Waals surface area contributed by atoms with Gasteiger partial charge in [-0.25, -0.2) is 4.98 Å². The lowest BCUT2D eigenvalue weighted by atomic mass is 10.0. The second-order valence-electron chi connectivity index (χ2n) is 6.61. The number of aromatic nitrogens is 1. The molecule has 0 spiro atoms. The number of rotatable bonds is 6. The van der Waals surface area contributed by atoms with Crippen LogP contribution in [0.3, 0.4) is 0 Å². The number of halogens is 1. The molecule has 0 aliphatic rings. The molecule has 0 bridgehead atoms. The number of hydrogen-bond acceptors (Lipinski definition) is 3. The average molecular weight is 380 g/mol. The molecule has 2 aromatic carbocycles. The number of amides is 1. The predicted molar refractivity (Wildman–Crippen MR) is 111 cm³/mol. The van der Waals surface area contributed by atoms with Gasteiger partial charge in [0.2, 0.25) is 0 Å². The van der Waals surface area contributed by atoms with Crippen molar-refractivity contribution < 1.29 is 4.79 Å². The van der Waals surface area contributed by atoms with Gasteiger partial charge in [-0.15, -0.1) is 0 Å². The van der Waals surface area contributed by atoms with Crippen molar-refractivity contribution in [1.29, 1.82) is 0 Å². The van der Waals surface area contributed by atoms with Crippen molar-refractivity contribution in [2.45, 2.75) is 26.3 Å². The Morgan fingerprint density at radius 3 is 2.41 bits per heavy atom. The highest BCUT2D eigenvalue weighted by Crippen LogP contribution is 2.19. The largest absolute Gasteiger partial charge is 0.365 e. The molecular formula is C22H22ClN3O. The first-order chi connectivity index (χ1) is 13.0. The molecule has 3 rings (SSSR count). The van der Waals surface area contributed by atoms with E-state index in [0.29, 0.717) is 34.6 Å². The number of carbonyl (C=O) groups excluding carboxylic acids is 1. The molecule has 27 heavy (non-hydrogen) atoms. The Hall–Kier alpha value is -2.85. The summed E-state index contributed by atoms with van der Waals surface area (Å²) in [4.78, 5) is 16.9.